The molecule has 146 valence electrons. The van der Waals surface area contributed by atoms with E-state index in [1.807, 2.05) is 0 Å². The van der Waals surface area contributed by atoms with E-state index in [1.54, 1.807) is 50.2 Å². The third kappa shape index (κ3) is 3.95. The quantitative estimate of drug-likeness (QED) is 0.701. The highest BCUT2D eigenvalue weighted by Crippen LogP contribution is 2.22. The Morgan fingerprint density at radius 3 is 2.21 bits per heavy atom. The van der Waals surface area contributed by atoms with E-state index in [-0.39, 0.29) is 29.5 Å². The Morgan fingerprint density at radius 2 is 1.68 bits per heavy atom. The van der Waals surface area contributed by atoms with Crippen molar-refractivity contribution in [3.8, 4) is 0 Å². The molecule has 1 aliphatic rings. The van der Waals surface area contributed by atoms with E-state index in [0.717, 1.165) is 4.90 Å². The summed E-state index contributed by atoms with van der Waals surface area (Å²) in [5, 5.41) is 5.32. The van der Waals surface area contributed by atoms with E-state index < -0.39 is 30.3 Å². The van der Waals surface area contributed by atoms with Gasteiger partial charge in [0.05, 0.1) is 23.9 Å². The topological polar surface area (TPSA) is 109 Å². The van der Waals surface area contributed by atoms with E-state index in [2.05, 4.69) is 10.6 Å². The molecule has 1 aromatic carbocycles. The standard InChI is InChI=1S/C20H21N3O5/c1-12(2)17(18(25)21-10-13-6-5-9-28-13)22-16(24)11-23-19(26)14-7-3-4-8-15(14)20(23)27/h3-9,12,17H,10-11H2,1-2H3,(H,21,25)(H,22,24)/t17-/m0/s1. The molecule has 0 aliphatic carbocycles. The number of imide groups is 1. The minimum absolute atomic E-state index is 0.192. The summed E-state index contributed by atoms with van der Waals surface area (Å²) >= 11 is 0. The maximum atomic E-state index is 12.4. The highest BCUT2D eigenvalue weighted by molar-refractivity contribution is 6.22. The number of furan rings is 1. The molecule has 1 atom stereocenters. The predicted molar refractivity (Wildman–Crippen MR) is 99.1 cm³/mol. The molecule has 8 heteroatoms. The Bertz CT molecular complexity index is 869. The van der Waals surface area contributed by atoms with Gasteiger partial charge in [-0.05, 0) is 30.2 Å². The Hall–Kier alpha value is -3.42. The first kappa shape index (κ1) is 19.3. The fourth-order valence-corrected chi connectivity index (χ4v) is 2.98. The smallest absolute Gasteiger partial charge is 0.262 e. The normalized spacial score (nSPS) is 14.2. The first-order valence-electron chi connectivity index (χ1n) is 8.93. The second-order valence-corrected chi connectivity index (χ2v) is 6.83. The summed E-state index contributed by atoms with van der Waals surface area (Å²) in [6.45, 7) is 3.34. The lowest BCUT2D eigenvalue weighted by Gasteiger charge is -2.23. The zero-order valence-electron chi connectivity index (χ0n) is 15.6. The lowest BCUT2D eigenvalue weighted by molar-refractivity contribution is -0.130. The van der Waals surface area contributed by atoms with Gasteiger partial charge in [-0.15, -0.1) is 0 Å². The van der Waals surface area contributed by atoms with Crippen LogP contribution in [-0.2, 0) is 16.1 Å². The molecule has 0 unspecified atom stereocenters. The van der Waals surface area contributed by atoms with Crippen molar-refractivity contribution in [1.82, 2.24) is 15.5 Å². The molecule has 0 bridgehead atoms. The van der Waals surface area contributed by atoms with Crippen molar-refractivity contribution in [1.29, 1.82) is 0 Å². The fraction of sp³-hybridized carbons (Fsp3) is 0.300. The van der Waals surface area contributed by atoms with Crippen LogP contribution in [0.4, 0.5) is 0 Å². The van der Waals surface area contributed by atoms with Crippen LogP contribution in [0.3, 0.4) is 0 Å². The van der Waals surface area contributed by atoms with Crippen molar-refractivity contribution in [2.75, 3.05) is 6.54 Å². The molecule has 4 amide bonds. The Morgan fingerprint density at radius 1 is 1.04 bits per heavy atom. The fourth-order valence-electron chi connectivity index (χ4n) is 2.98. The molecular formula is C20H21N3O5. The van der Waals surface area contributed by atoms with E-state index in [1.165, 1.54) is 6.26 Å². The van der Waals surface area contributed by atoms with Crippen LogP contribution in [0.25, 0.3) is 0 Å². The average Bonchev–Trinajstić information content (AvgIpc) is 3.27. The maximum absolute atomic E-state index is 12.4. The molecule has 1 aromatic heterocycles. The van der Waals surface area contributed by atoms with Gasteiger partial charge in [-0.25, -0.2) is 0 Å². The van der Waals surface area contributed by atoms with Crippen LogP contribution in [0.15, 0.2) is 47.1 Å². The number of hydrogen-bond acceptors (Lipinski definition) is 5. The molecule has 28 heavy (non-hydrogen) atoms. The monoisotopic (exact) mass is 383 g/mol. The molecule has 0 saturated heterocycles. The third-order valence-corrected chi connectivity index (χ3v) is 4.46. The summed E-state index contributed by atoms with van der Waals surface area (Å²) in [4.78, 5) is 50.5. The maximum Gasteiger partial charge on any atom is 0.262 e. The summed E-state index contributed by atoms with van der Waals surface area (Å²) in [5.74, 6) is -1.59. The minimum Gasteiger partial charge on any atom is -0.467 e. The van der Waals surface area contributed by atoms with Crippen LogP contribution < -0.4 is 10.6 Å². The number of amides is 4. The third-order valence-electron chi connectivity index (χ3n) is 4.46. The van der Waals surface area contributed by atoms with Gasteiger partial charge in [-0.1, -0.05) is 26.0 Å². The van der Waals surface area contributed by atoms with Crippen LogP contribution in [0.5, 0.6) is 0 Å². The minimum atomic E-state index is -0.808. The van der Waals surface area contributed by atoms with Gasteiger partial charge in [0.2, 0.25) is 11.8 Å². The number of nitrogens with one attached hydrogen (secondary N) is 2. The average molecular weight is 383 g/mol. The van der Waals surface area contributed by atoms with Crippen LogP contribution >= 0.6 is 0 Å². The number of carbonyl (C=O) groups excluding carboxylic acids is 4. The number of nitrogens with zero attached hydrogens (tertiary/aromatic N) is 1. The summed E-state index contributed by atoms with van der Waals surface area (Å²) in [5.41, 5.74) is 0.550. The highest BCUT2D eigenvalue weighted by Gasteiger charge is 2.37. The van der Waals surface area contributed by atoms with Gasteiger partial charge in [-0.2, -0.15) is 0 Å². The molecule has 2 N–H and O–H groups in total. The van der Waals surface area contributed by atoms with E-state index in [9.17, 15) is 19.2 Å². The molecule has 0 spiro atoms. The molecule has 0 radical (unpaired) electrons. The zero-order chi connectivity index (χ0) is 20.3. The number of benzene rings is 1. The summed E-state index contributed by atoms with van der Waals surface area (Å²) in [6.07, 6.45) is 1.51. The van der Waals surface area contributed by atoms with Crippen molar-refractivity contribution in [2.45, 2.75) is 26.4 Å². The van der Waals surface area contributed by atoms with Gasteiger partial charge in [-0.3, -0.25) is 24.1 Å². The second-order valence-electron chi connectivity index (χ2n) is 6.83. The van der Waals surface area contributed by atoms with Crippen molar-refractivity contribution in [2.24, 2.45) is 5.92 Å². The summed E-state index contributed by atoms with van der Waals surface area (Å²) < 4.78 is 5.16. The number of rotatable bonds is 7. The Labute approximate surface area is 161 Å². The van der Waals surface area contributed by atoms with Gasteiger partial charge in [0.1, 0.15) is 18.3 Å². The first-order valence-corrected chi connectivity index (χ1v) is 8.93. The number of fused-ring (bicyclic) bond motifs is 1. The highest BCUT2D eigenvalue weighted by atomic mass is 16.3. The van der Waals surface area contributed by atoms with Crippen LogP contribution in [0.1, 0.15) is 40.3 Å². The zero-order valence-corrected chi connectivity index (χ0v) is 15.6. The summed E-state index contributed by atoms with van der Waals surface area (Å²) in [7, 11) is 0. The van der Waals surface area contributed by atoms with Crippen LogP contribution in [-0.4, -0.2) is 41.1 Å². The molecule has 2 heterocycles. The van der Waals surface area contributed by atoms with Crippen molar-refractivity contribution in [3.63, 3.8) is 0 Å². The van der Waals surface area contributed by atoms with Crippen molar-refractivity contribution in [3.05, 3.63) is 59.5 Å². The van der Waals surface area contributed by atoms with E-state index >= 15 is 0 Å². The largest absolute Gasteiger partial charge is 0.467 e. The van der Waals surface area contributed by atoms with Gasteiger partial charge < -0.3 is 15.1 Å². The number of hydrogen-bond donors (Lipinski definition) is 2. The Kier molecular flexibility index (Phi) is 5.58. The lowest BCUT2D eigenvalue weighted by atomic mass is 10.0. The van der Waals surface area contributed by atoms with Crippen LogP contribution in [0.2, 0.25) is 0 Å². The second kappa shape index (κ2) is 8.08. The SMILES string of the molecule is CC(C)[C@H](NC(=O)CN1C(=O)c2ccccc2C1=O)C(=O)NCc1ccco1. The lowest BCUT2D eigenvalue weighted by Crippen LogP contribution is -2.52. The number of carbonyl (C=O) groups is 4. The first-order chi connectivity index (χ1) is 13.4. The predicted octanol–water partition coefficient (Wildman–Crippen LogP) is 1.33. The molecular weight excluding hydrogens is 362 g/mol. The van der Waals surface area contributed by atoms with Crippen LogP contribution in [0, 0.1) is 5.92 Å². The molecule has 1 aliphatic heterocycles. The van der Waals surface area contributed by atoms with Gasteiger partial charge in [0, 0.05) is 0 Å². The molecule has 0 saturated carbocycles. The van der Waals surface area contributed by atoms with Crippen molar-refractivity contribution < 1.29 is 23.6 Å². The molecule has 8 nitrogen and oxygen atoms in total. The van der Waals surface area contributed by atoms with Crippen molar-refractivity contribution >= 4 is 23.6 Å². The van der Waals surface area contributed by atoms with Gasteiger partial charge in [0.25, 0.3) is 11.8 Å². The molecule has 3 rings (SSSR count). The molecule has 0 fully saturated rings. The van der Waals surface area contributed by atoms with E-state index in [0.29, 0.717) is 5.76 Å². The summed E-state index contributed by atoms with van der Waals surface area (Å²) in [6, 6.07) is 9.05. The Balaban J connectivity index is 1.61. The molecule has 2 aromatic rings. The van der Waals surface area contributed by atoms with E-state index in [4.69, 9.17) is 4.42 Å². The van der Waals surface area contributed by atoms with Gasteiger partial charge >= 0.3 is 0 Å². The van der Waals surface area contributed by atoms with Gasteiger partial charge in [0.15, 0.2) is 0 Å².